The molecule has 1 saturated heterocycles. The molecule has 7 atom stereocenters. The van der Waals surface area contributed by atoms with Crippen molar-refractivity contribution in [3.05, 3.63) is 17.7 Å². The van der Waals surface area contributed by atoms with Crippen LogP contribution in [0.4, 0.5) is 0 Å². The van der Waals surface area contributed by atoms with E-state index in [2.05, 4.69) is 19.2 Å². The zero-order valence-corrected chi connectivity index (χ0v) is 21.6. The average molecular weight is 486 g/mol. The molecule has 1 aromatic rings. The van der Waals surface area contributed by atoms with Crippen molar-refractivity contribution in [2.24, 2.45) is 28.6 Å². The summed E-state index contributed by atoms with van der Waals surface area (Å²) in [5, 5.41) is 14.2. The molecule has 0 aromatic heterocycles. The fourth-order valence-electron chi connectivity index (χ4n) is 9.02. The number of rotatable bonds is 5. The Morgan fingerprint density at radius 2 is 1.60 bits per heavy atom. The zero-order chi connectivity index (χ0) is 25.2. The minimum atomic E-state index is -1.02. The first-order valence-electron chi connectivity index (χ1n) is 13.0. The summed E-state index contributed by atoms with van der Waals surface area (Å²) in [6, 6.07) is 3.95. The molecule has 192 valence electrons. The smallest absolute Gasteiger partial charge is 0.314 e. The summed E-state index contributed by atoms with van der Waals surface area (Å²) in [6.45, 7) is 4.59. The first kappa shape index (κ1) is 24.3. The van der Waals surface area contributed by atoms with Gasteiger partial charge in [0.25, 0.3) is 0 Å². The highest BCUT2D eigenvalue weighted by Gasteiger charge is 2.68. The number of carboxylic acid groups (broad SMARTS) is 1. The van der Waals surface area contributed by atoms with E-state index < -0.39 is 11.4 Å². The summed E-state index contributed by atoms with van der Waals surface area (Å²) >= 11 is 0. The Morgan fingerprint density at radius 1 is 0.943 bits per heavy atom. The second-order valence-electron chi connectivity index (χ2n) is 11.7. The molecule has 1 heterocycles. The standard InChI is InChI=1S/C28H39NO6/c1-26-11-10-23(30)29-22(26)7-6-17-18(26)8-12-27(2)19(17)9-13-28(27,25(31)32)16-14-20(33-3)24(35-5)21(15-16)34-4/h14-15,17-19,22H,6-13H2,1-5H3,(H,29,30)(H,31,32)/t17-,18-,19+,22?,26-,27+,28?/m1/s1. The molecule has 7 nitrogen and oxygen atoms in total. The Kier molecular flexibility index (Phi) is 5.76. The first-order chi connectivity index (χ1) is 16.7. The third-order valence-electron chi connectivity index (χ3n) is 10.8. The Hall–Kier alpha value is -2.44. The van der Waals surface area contributed by atoms with Gasteiger partial charge in [0, 0.05) is 12.5 Å². The van der Waals surface area contributed by atoms with E-state index in [9.17, 15) is 14.7 Å². The van der Waals surface area contributed by atoms with Crippen molar-refractivity contribution in [1.29, 1.82) is 0 Å². The maximum absolute atomic E-state index is 13.3. The fourth-order valence-corrected chi connectivity index (χ4v) is 9.02. The summed E-state index contributed by atoms with van der Waals surface area (Å²) in [7, 11) is 4.70. The topological polar surface area (TPSA) is 94.1 Å². The SMILES string of the molecule is COc1cc(C2(C(=O)O)CC[C@H]3[C@@H]4CCC5NC(=O)CC[C@]5(C)[C@@H]4CC[C@@]32C)cc(OC)c1OC. The zero-order valence-electron chi connectivity index (χ0n) is 21.6. The maximum Gasteiger partial charge on any atom is 0.314 e. The second-order valence-corrected chi connectivity index (χ2v) is 11.7. The molecule has 0 radical (unpaired) electrons. The molecule has 5 rings (SSSR count). The molecular weight excluding hydrogens is 446 g/mol. The molecule has 4 fully saturated rings. The average Bonchev–Trinajstić information content (AvgIpc) is 3.17. The number of hydrogen-bond donors (Lipinski definition) is 2. The lowest BCUT2D eigenvalue weighted by Gasteiger charge is -2.61. The number of carboxylic acids is 1. The molecule has 35 heavy (non-hydrogen) atoms. The van der Waals surface area contributed by atoms with E-state index in [1.54, 1.807) is 21.3 Å². The van der Waals surface area contributed by atoms with Crippen LogP contribution < -0.4 is 19.5 Å². The van der Waals surface area contributed by atoms with Gasteiger partial charge in [-0.05, 0) is 91.2 Å². The van der Waals surface area contributed by atoms with Gasteiger partial charge in [-0.1, -0.05) is 13.8 Å². The van der Waals surface area contributed by atoms with Crippen LogP contribution >= 0.6 is 0 Å². The minimum absolute atomic E-state index is 0.0964. The van der Waals surface area contributed by atoms with Gasteiger partial charge in [-0.15, -0.1) is 0 Å². The van der Waals surface area contributed by atoms with Gasteiger partial charge in [0.1, 0.15) is 0 Å². The number of ether oxygens (including phenoxy) is 3. The highest BCUT2D eigenvalue weighted by Crippen LogP contribution is 2.70. The molecule has 0 bridgehead atoms. The minimum Gasteiger partial charge on any atom is -0.493 e. The van der Waals surface area contributed by atoms with Crippen molar-refractivity contribution in [3.8, 4) is 17.2 Å². The van der Waals surface area contributed by atoms with Gasteiger partial charge in [-0.2, -0.15) is 0 Å². The summed E-state index contributed by atoms with van der Waals surface area (Å²) in [4.78, 5) is 25.4. The number of carbonyl (C=O) groups excluding carboxylic acids is 1. The van der Waals surface area contributed by atoms with Crippen LogP contribution in [0.2, 0.25) is 0 Å². The van der Waals surface area contributed by atoms with E-state index in [1.165, 1.54) is 0 Å². The van der Waals surface area contributed by atoms with Crippen molar-refractivity contribution >= 4 is 11.9 Å². The van der Waals surface area contributed by atoms with E-state index in [0.29, 0.717) is 47.8 Å². The molecule has 4 aliphatic rings. The number of piperidine rings is 1. The van der Waals surface area contributed by atoms with Gasteiger partial charge >= 0.3 is 5.97 Å². The van der Waals surface area contributed by atoms with Crippen LogP contribution in [-0.2, 0) is 15.0 Å². The monoisotopic (exact) mass is 485 g/mol. The number of carbonyl (C=O) groups is 2. The third kappa shape index (κ3) is 3.15. The summed E-state index contributed by atoms with van der Waals surface area (Å²) in [6.07, 6.45) is 6.93. The number of nitrogens with one attached hydrogen (secondary N) is 1. The number of aliphatic carboxylic acids is 1. The second kappa shape index (κ2) is 8.31. The lowest BCUT2D eigenvalue weighted by atomic mass is 9.45. The van der Waals surface area contributed by atoms with E-state index in [-0.39, 0.29) is 22.8 Å². The van der Waals surface area contributed by atoms with Crippen LogP contribution in [0.25, 0.3) is 0 Å². The molecule has 3 saturated carbocycles. The Balaban J connectivity index is 1.57. The lowest BCUT2D eigenvalue weighted by molar-refractivity contribution is -0.157. The molecule has 1 aromatic carbocycles. The molecule has 2 N–H and O–H groups in total. The van der Waals surface area contributed by atoms with Crippen molar-refractivity contribution < 1.29 is 28.9 Å². The number of benzene rings is 1. The maximum atomic E-state index is 13.3. The Bertz CT molecular complexity index is 1020. The normalized spacial score (nSPS) is 40.1. The van der Waals surface area contributed by atoms with Crippen LogP contribution in [0.5, 0.6) is 17.2 Å². The van der Waals surface area contributed by atoms with E-state index in [0.717, 1.165) is 44.1 Å². The van der Waals surface area contributed by atoms with Crippen molar-refractivity contribution in [2.75, 3.05) is 21.3 Å². The van der Waals surface area contributed by atoms with Gasteiger partial charge in [0.05, 0.1) is 26.7 Å². The van der Waals surface area contributed by atoms with Crippen molar-refractivity contribution in [3.63, 3.8) is 0 Å². The van der Waals surface area contributed by atoms with Crippen LogP contribution in [0.1, 0.15) is 70.8 Å². The lowest BCUT2D eigenvalue weighted by Crippen LogP contribution is -2.62. The fraction of sp³-hybridized carbons (Fsp3) is 0.714. The predicted molar refractivity (Wildman–Crippen MR) is 131 cm³/mol. The molecule has 1 aliphatic heterocycles. The van der Waals surface area contributed by atoms with Gasteiger partial charge in [-0.3, -0.25) is 9.59 Å². The molecule has 2 unspecified atom stereocenters. The molecule has 0 spiro atoms. The highest BCUT2D eigenvalue weighted by atomic mass is 16.5. The van der Waals surface area contributed by atoms with E-state index in [1.807, 2.05) is 12.1 Å². The van der Waals surface area contributed by atoms with E-state index in [4.69, 9.17) is 14.2 Å². The third-order valence-corrected chi connectivity index (χ3v) is 10.8. The van der Waals surface area contributed by atoms with Crippen LogP contribution in [0.15, 0.2) is 12.1 Å². The predicted octanol–water partition coefficient (Wildman–Crippen LogP) is 4.56. The van der Waals surface area contributed by atoms with Gasteiger partial charge < -0.3 is 24.6 Å². The van der Waals surface area contributed by atoms with Crippen LogP contribution in [-0.4, -0.2) is 44.4 Å². The van der Waals surface area contributed by atoms with Crippen molar-refractivity contribution in [2.45, 2.75) is 76.7 Å². The van der Waals surface area contributed by atoms with Crippen LogP contribution in [0.3, 0.4) is 0 Å². The number of fused-ring (bicyclic) bond motifs is 5. The van der Waals surface area contributed by atoms with Gasteiger partial charge in [-0.25, -0.2) is 0 Å². The number of hydrogen-bond acceptors (Lipinski definition) is 5. The number of amides is 1. The van der Waals surface area contributed by atoms with Crippen LogP contribution in [0, 0.1) is 28.6 Å². The molecular formula is C28H39NO6. The van der Waals surface area contributed by atoms with Gasteiger partial charge in [0.2, 0.25) is 11.7 Å². The van der Waals surface area contributed by atoms with Crippen molar-refractivity contribution in [1.82, 2.24) is 5.32 Å². The first-order valence-corrected chi connectivity index (χ1v) is 13.0. The largest absolute Gasteiger partial charge is 0.493 e. The highest BCUT2D eigenvalue weighted by molar-refractivity contribution is 5.84. The molecule has 3 aliphatic carbocycles. The Morgan fingerprint density at radius 3 is 2.20 bits per heavy atom. The summed E-state index contributed by atoms with van der Waals surface area (Å²) < 4.78 is 16.7. The Labute approximate surface area is 207 Å². The molecule has 1 amide bonds. The summed E-state index contributed by atoms with van der Waals surface area (Å²) in [5.41, 5.74) is -0.563. The number of methoxy groups -OCH3 is 3. The van der Waals surface area contributed by atoms with E-state index >= 15 is 0 Å². The molecule has 7 heteroatoms. The quantitative estimate of drug-likeness (QED) is 0.635. The van der Waals surface area contributed by atoms with Gasteiger partial charge in [0.15, 0.2) is 11.5 Å². The summed E-state index contributed by atoms with van der Waals surface area (Å²) in [5.74, 6) is 2.21.